The number of esters is 1. The molecule has 2 fully saturated rings. The number of amides is 1. The third kappa shape index (κ3) is 2.51. The molecule has 3 aliphatic rings. The minimum absolute atomic E-state index is 0.0893. The average Bonchev–Trinajstić information content (AvgIpc) is 3.28. The minimum Gasteiger partial charge on any atom is -0.497 e. The van der Waals surface area contributed by atoms with E-state index in [9.17, 15) is 9.59 Å². The van der Waals surface area contributed by atoms with Gasteiger partial charge in [0.15, 0.2) is 0 Å². The van der Waals surface area contributed by atoms with E-state index in [1.165, 1.54) is 0 Å². The summed E-state index contributed by atoms with van der Waals surface area (Å²) >= 11 is 0. The number of anilines is 1. The summed E-state index contributed by atoms with van der Waals surface area (Å²) in [5, 5.41) is 0. The van der Waals surface area contributed by atoms with Gasteiger partial charge in [0.1, 0.15) is 17.3 Å². The summed E-state index contributed by atoms with van der Waals surface area (Å²) in [4.78, 5) is 27.5. The first-order valence-corrected chi connectivity index (χ1v) is 8.94. The van der Waals surface area contributed by atoms with E-state index >= 15 is 0 Å². The molecular weight excluding hydrogens is 334 g/mol. The molecule has 0 N–H and O–H groups in total. The van der Waals surface area contributed by atoms with Crippen molar-refractivity contribution in [2.75, 3.05) is 25.2 Å². The van der Waals surface area contributed by atoms with Crippen LogP contribution in [-0.4, -0.2) is 43.8 Å². The summed E-state index contributed by atoms with van der Waals surface area (Å²) in [5.74, 6) is -0.559. The van der Waals surface area contributed by atoms with Crippen LogP contribution in [-0.2, 0) is 19.1 Å². The predicted octanol–water partition coefficient (Wildman–Crippen LogP) is 2.18. The van der Waals surface area contributed by atoms with Crippen LogP contribution in [0, 0.1) is 17.8 Å². The van der Waals surface area contributed by atoms with Crippen LogP contribution in [0.3, 0.4) is 0 Å². The van der Waals surface area contributed by atoms with Crippen LogP contribution in [0.2, 0.25) is 0 Å². The fourth-order valence-corrected chi connectivity index (χ4v) is 4.09. The quantitative estimate of drug-likeness (QED) is 0.597. The number of ether oxygens (including phenoxy) is 3. The third-order valence-electron chi connectivity index (χ3n) is 5.32. The van der Waals surface area contributed by atoms with Gasteiger partial charge < -0.3 is 19.1 Å². The molecule has 1 aromatic carbocycles. The highest BCUT2D eigenvalue weighted by molar-refractivity contribution is 6.02. The molecule has 3 aliphatic heterocycles. The number of fused-ring (bicyclic) bond motifs is 1. The van der Waals surface area contributed by atoms with Gasteiger partial charge in [-0.3, -0.25) is 9.59 Å². The SMILES string of the molecule is COc1ccc(N2C[C@@]34C=C[C@@H](O3)[C@H](C(=O)OCC(C)C)[C@@H]4C2=O)cc1. The summed E-state index contributed by atoms with van der Waals surface area (Å²) < 4.78 is 16.7. The zero-order valence-corrected chi connectivity index (χ0v) is 15.2. The number of hydrogen-bond acceptors (Lipinski definition) is 5. The van der Waals surface area contributed by atoms with Crippen LogP contribution in [0.1, 0.15) is 13.8 Å². The highest BCUT2D eigenvalue weighted by Crippen LogP contribution is 2.52. The predicted molar refractivity (Wildman–Crippen MR) is 94.9 cm³/mol. The number of methoxy groups -OCH3 is 1. The van der Waals surface area contributed by atoms with E-state index in [0.717, 1.165) is 11.4 Å². The Kier molecular flexibility index (Phi) is 4.03. The Morgan fingerprint density at radius 2 is 2.08 bits per heavy atom. The van der Waals surface area contributed by atoms with Gasteiger partial charge >= 0.3 is 5.97 Å². The number of hydrogen-bond donors (Lipinski definition) is 0. The van der Waals surface area contributed by atoms with Crippen molar-refractivity contribution in [2.45, 2.75) is 25.6 Å². The van der Waals surface area contributed by atoms with Gasteiger partial charge in [0.05, 0.1) is 32.3 Å². The molecular formula is C20H23NO5. The zero-order chi connectivity index (χ0) is 18.5. The van der Waals surface area contributed by atoms with Crippen molar-refractivity contribution >= 4 is 17.6 Å². The van der Waals surface area contributed by atoms with Gasteiger partial charge in [-0.15, -0.1) is 0 Å². The number of carbonyl (C=O) groups excluding carboxylic acids is 2. The van der Waals surface area contributed by atoms with Gasteiger partial charge in [-0.2, -0.15) is 0 Å². The fraction of sp³-hybridized carbons (Fsp3) is 0.500. The Balaban J connectivity index is 1.59. The summed E-state index contributed by atoms with van der Waals surface area (Å²) in [6.45, 7) is 4.72. The first-order chi connectivity index (χ1) is 12.4. The second-order valence-electron chi connectivity index (χ2n) is 7.55. The summed E-state index contributed by atoms with van der Waals surface area (Å²) in [6, 6.07) is 7.32. The molecule has 138 valence electrons. The lowest BCUT2D eigenvalue weighted by atomic mass is 9.77. The molecule has 6 heteroatoms. The van der Waals surface area contributed by atoms with Crippen molar-refractivity contribution in [1.82, 2.24) is 0 Å². The number of carbonyl (C=O) groups is 2. The molecule has 2 saturated heterocycles. The van der Waals surface area contributed by atoms with E-state index < -0.39 is 17.4 Å². The standard InChI is InChI=1S/C20H23NO5/c1-12(2)10-25-19(23)16-15-8-9-20(26-15)11-21(18(22)17(16)20)13-4-6-14(24-3)7-5-13/h4-9,12,15-17H,10-11H2,1-3H3/t15-,16+,17-,20-/m1/s1. The summed E-state index contributed by atoms with van der Waals surface area (Å²) in [5.41, 5.74) is 0.0396. The molecule has 1 spiro atoms. The van der Waals surface area contributed by atoms with Crippen molar-refractivity contribution in [3.8, 4) is 5.75 Å². The van der Waals surface area contributed by atoms with Crippen molar-refractivity contribution in [2.24, 2.45) is 17.8 Å². The Labute approximate surface area is 152 Å². The number of rotatable bonds is 5. The average molecular weight is 357 g/mol. The van der Waals surface area contributed by atoms with Crippen LogP contribution in [0.5, 0.6) is 5.75 Å². The van der Waals surface area contributed by atoms with Gasteiger partial charge in [-0.1, -0.05) is 26.0 Å². The maximum Gasteiger partial charge on any atom is 0.312 e. The van der Waals surface area contributed by atoms with E-state index in [0.29, 0.717) is 13.2 Å². The van der Waals surface area contributed by atoms with Crippen LogP contribution in [0.25, 0.3) is 0 Å². The fourth-order valence-electron chi connectivity index (χ4n) is 4.09. The van der Waals surface area contributed by atoms with Crippen LogP contribution >= 0.6 is 0 Å². The molecule has 0 radical (unpaired) electrons. The van der Waals surface area contributed by atoms with Gasteiger partial charge in [0, 0.05) is 5.69 Å². The van der Waals surface area contributed by atoms with E-state index in [2.05, 4.69) is 0 Å². The molecule has 0 aliphatic carbocycles. The lowest BCUT2D eigenvalue weighted by Gasteiger charge is -2.23. The normalized spacial score (nSPS) is 31.6. The molecule has 0 saturated carbocycles. The Morgan fingerprint density at radius 1 is 1.35 bits per heavy atom. The van der Waals surface area contributed by atoms with Crippen molar-refractivity contribution in [3.05, 3.63) is 36.4 Å². The minimum atomic E-state index is -0.733. The second kappa shape index (κ2) is 6.13. The first-order valence-electron chi connectivity index (χ1n) is 8.94. The largest absolute Gasteiger partial charge is 0.497 e. The van der Waals surface area contributed by atoms with E-state index in [1.54, 1.807) is 12.0 Å². The smallest absolute Gasteiger partial charge is 0.312 e. The highest BCUT2D eigenvalue weighted by Gasteiger charge is 2.67. The molecule has 3 heterocycles. The molecule has 1 aromatic rings. The van der Waals surface area contributed by atoms with Crippen LogP contribution < -0.4 is 9.64 Å². The lowest BCUT2D eigenvalue weighted by Crippen LogP contribution is -2.40. The second-order valence-corrected chi connectivity index (χ2v) is 7.55. The van der Waals surface area contributed by atoms with Crippen molar-refractivity contribution < 1.29 is 23.8 Å². The first kappa shape index (κ1) is 17.1. The third-order valence-corrected chi connectivity index (χ3v) is 5.32. The zero-order valence-electron chi connectivity index (χ0n) is 15.2. The maximum atomic E-state index is 13.2. The van der Waals surface area contributed by atoms with Crippen LogP contribution in [0.15, 0.2) is 36.4 Å². The maximum absolute atomic E-state index is 13.2. The van der Waals surface area contributed by atoms with Gasteiger partial charge in [0.2, 0.25) is 5.91 Å². The molecule has 0 aromatic heterocycles. The monoisotopic (exact) mass is 357 g/mol. The van der Waals surface area contributed by atoms with Gasteiger partial charge in [0.25, 0.3) is 0 Å². The van der Waals surface area contributed by atoms with Crippen molar-refractivity contribution in [1.29, 1.82) is 0 Å². The Bertz CT molecular complexity index is 756. The Morgan fingerprint density at radius 3 is 2.73 bits per heavy atom. The van der Waals surface area contributed by atoms with E-state index in [1.807, 2.05) is 50.3 Å². The van der Waals surface area contributed by atoms with Gasteiger partial charge in [-0.25, -0.2) is 0 Å². The summed E-state index contributed by atoms with van der Waals surface area (Å²) in [6.07, 6.45) is 3.46. The number of nitrogens with zero attached hydrogens (tertiary/aromatic N) is 1. The summed E-state index contributed by atoms with van der Waals surface area (Å²) in [7, 11) is 1.60. The molecule has 0 unspecified atom stereocenters. The lowest BCUT2D eigenvalue weighted by molar-refractivity contribution is -0.153. The topological polar surface area (TPSA) is 65.1 Å². The Hall–Kier alpha value is -2.34. The molecule has 26 heavy (non-hydrogen) atoms. The molecule has 4 rings (SSSR count). The van der Waals surface area contributed by atoms with E-state index in [4.69, 9.17) is 14.2 Å². The molecule has 1 amide bonds. The highest BCUT2D eigenvalue weighted by atomic mass is 16.6. The van der Waals surface area contributed by atoms with Crippen molar-refractivity contribution in [3.63, 3.8) is 0 Å². The number of benzene rings is 1. The van der Waals surface area contributed by atoms with Gasteiger partial charge in [-0.05, 0) is 30.2 Å². The molecule has 2 bridgehead atoms. The van der Waals surface area contributed by atoms with Crippen LogP contribution in [0.4, 0.5) is 5.69 Å². The molecule has 4 atom stereocenters. The van der Waals surface area contributed by atoms with E-state index in [-0.39, 0.29) is 23.9 Å². The molecule has 6 nitrogen and oxygen atoms in total.